The van der Waals surface area contributed by atoms with Gasteiger partial charge in [-0.25, -0.2) is 14.4 Å². The van der Waals surface area contributed by atoms with Gasteiger partial charge in [-0.15, -0.1) is 0 Å². The van der Waals surface area contributed by atoms with Crippen LogP contribution in [0.5, 0.6) is 0 Å². The van der Waals surface area contributed by atoms with E-state index in [9.17, 15) is 4.39 Å². The van der Waals surface area contributed by atoms with Crippen molar-refractivity contribution in [1.29, 1.82) is 0 Å². The first kappa shape index (κ1) is 16.7. The van der Waals surface area contributed by atoms with Crippen LogP contribution < -0.4 is 10.2 Å². The molecule has 1 aliphatic rings. The first-order valence-corrected chi connectivity index (χ1v) is 8.79. The van der Waals surface area contributed by atoms with E-state index in [1.165, 1.54) is 12.1 Å². The quantitative estimate of drug-likeness (QED) is 0.777. The molecule has 4 rings (SSSR count). The third kappa shape index (κ3) is 3.75. The summed E-state index contributed by atoms with van der Waals surface area (Å²) in [5.74, 6) is 1.41. The average Bonchev–Trinajstić information content (AvgIpc) is 2.66. The van der Waals surface area contributed by atoms with Crippen LogP contribution in [-0.2, 0) is 11.3 Å². The highest BCUT2D eigenvalue weighted by Crippen LogP contribution is 2.18. The molecule has 0 amide bonds. The fourth-order valence-electron chi connectivity index (χ4n) is 3.12. The van der Waals surface area contributed by atoms with Crippen LogP contribution in [0.1, 0.15) is 12.5 Å². The van der Waals surface area contributed by atoms with Gasteiger partial charge < -0.3 is 15.0 Å². The summed E-state index contributed by atoms with van der Waals surface area (Å²) in [5, 5.41) is 4.19. The largest absolute Gasteiger partial charge is 0.375 e. The molecule has 6 heteroatoms. The summed E-state index contributed by atoms with van der Waals surface area (Å²) in [6.45, 7) is 5.16. The standard InChI is InChI=1S/C20H21FN4O/c1-14-13-25(8-9-26-14)20-7-2-15(12-23-20)11-22-19-6-4-16-3-5-17(21)10-18(16)24-19/h2-7,10,12,14H,8-9,11,13H2,1H3,(H,22,24). The van der Waals surface area contributed by atoms with Gasteiger partial charge in [-0.05, 0) is 42.8 Å². The zero-order chi connectivity index (χ0) is 17.9. The van der Waals surface area contributed by atoms with E-state index in [2.05, 4.69) is 33.2 Å². The summed E-state index contributed by atoms with van der Waals surface area (Å²) < 4.78 is 18.9. The van der Waals surface area contributed by atoms with Crippen molar-refractivity contribution in [1.82, 2.24) is 9.97 Å². The lowest BCUT2D eigenvalue weighted by atomic mass is 10.2. The molecule has 1 unspecified atom stereocenters. The van der Waals surface area contributed by atoms with Crippen LogP contribution in [0, 0.1) is 5.82 Å². The highest BCUT2D eigenvalue weighted by molar-refractivity contribution is 5.80. The van der Waals surface area contributed by atoms with Gasteiger partial charge >= 0.3 is 0 Å². The van der Waals surface area contributed by atoms with Gasteiger partial charge in [0.2, 0.25) is 0 Å². The minimum atomic E-state index is -0.278. The molecule has 0 saturated carbocycles. The molecule has 1 fully saturated rings. The van der Waals surface area contributed by atoms with Crippen LogP contribution in [0.4, 0.5) is 16.0 Å². The third-order valence-corrected chi connectivity index (χ3v) is 4.50. The lowest BCUT2D eigenvalue weighted by Crippen LogP contribution is -2.41. The van der Waals surface area contributed by atoms with Crippen LogP contribution in [0.2, 0.25) is 0 Å². The molecule has 1 atom stereocenters. The van der Waals surface area contributed by atoms with E-state index in [1.54, 1.807) is 6.07 Å². The number of fused-ring (bicyclic) bond motifs is 1. The summed E-state index contributed by atoms with van der Waals surface area (Å²) in [7, 11) is 0. The molecule has 0 radical (unpaired) electrons. The maximum atomic E-state index is 13.4. The van der Waals surface area contributed by atoms with Crippen LogP contribution >= 0.6 is 0 Å². The number of anilines is 2. The predicted molar refractivity (Wildman–Crippen MR) is 101 cm³/mol. The molecule has 3 heterocycles. The van der Waals surface area contributed by atoms with E-state index >= 15 is 0 Å². The summed E-state index contributed by atoms with van der Waals surface area (Å²) >= 11 is 0. The number of rotatable bonds is 4. The Kier molecular flexibility index (Phi) is 4.67. The second-order valence-corrected chi connectivity index (χ2v) is 6.54. The molecule has 1 saturated heterocycles. The van der Waals surface area contributed by atoms with E-state index in [-0.39, 0.29) is 11.9 Å². The van der Waals surface area contributed by atoms with Crippen molar-refractivity contribution >= 4 is 22.5 Å². The maximum Gasteiger partial charge on any atom is 0.128 e. The van der Waals surface area contributed by atoms with Gasteiger partial charge in [-0.1, -0.05) is 6.07 Å². The Bertz CT molecular complexity index is 900. The monoisotopic (exact) mass is 352 g/mol. The fraction of sp³-hybridized carbons (Fsp3) is 0.300. The molecule has 1 aliphatic heterocycles. The zero-order valence-corrected chi connectivity index (χ0v) is 14.7. The maximum absolute atomic E-state index is 13.4. The van der Waals surface area contributed by atoms with Crippen molar-refractivity contribution in [3.8, 4) is 0 Å². The summed E-state index contributed by atoms with van der Waals surface area (Å²) in [6, 6.07) is 12.6. The van der Waals surface area contributed by atoms with Crippen LogP contribution in [0.15, 0.2) is 48.7 Å². The van der Waals surface area contributed by atoms with Crippen molar-refractivity contribution < 1.29 is 9.13 Å². The number of hydrogen-bond donors (Lipinski definition) is 1. The van der Waals surface area contributed by atoms with Gasteiger partial charge in [-0.3, -0.25) is 0 Å². The normalized spacial score (nSPS) is 17.5. The molecule has 26 heavy (non-hydrogen) atoms. The highest BCUT2D eigenvalue weighted by Gasteiger charge is 2.17. The summed E-state index contributed by atoms with van der Waals surface area (Å²) in [6.07, 6.45) is 2.11. The van der Waals surface area contributed by atoms with Crippen molar-refractivity contribution in [3.63, 3.8) is 0 Å². The topological polar surface area (TPSA) is 50.3 Å². The van der Waals surface area contributed by atoms with Gasteiger partial charge in [0.05, 0.1) is 18.2 Å². The number of ether oxygens (including phenoxy) is 1. The Labute approximate surface area is 151 Å². The number of nitrogens with zero attached hydrogens (tertiary/aromatic N) is 3. The minimum Gasteiger partial charge on any atom is -0.375 e. The molecule has 0 aliphatic carbocycles. The van der Waals surface area contributed by atoms with Gasteiger partial charge in [0, 0.05) is 37.3 Å². The van der Waals surface area contributed by atoms with Crippen molar-refractivity contribution in [2.45, 2.75) is 19.6 Å². The van der Waals surface area contributed by atoms with Gasteiger partial charge in [-0.2, -0.15) is 0 Å². The smallest absolute Gasteiger partial charge is 0.128 e. The fourth-order valence-corrected chi connectivity index (χ4v) is 3.12. The van der Waals surface area contributed by atoms with E-state index in [4.69, 9.17) is 4.74 Å². The number of hydrogen-bond acceptors (Lipinski definition) is 5. The number of halogens is 1. The number of aromatic nitrogens is 2. The lowest BCUT2D eigenvalue weighted by molar-refractivity contribution is 0.0529. The summed E-state index contributed by atoms with van der Waals surface area (Å²) in [5.41, 5.74) is 1.71. The molecule has 134 valence electrons. The minimum absolute atomic E-state index is 0.232. The Morgan fingerprint density at radius 3 is 2.92 bits per heavy atom. The van der Waals surface area contributed by atoms with E-state index in [0.29, 0.717) is 17.9 Å². The van der Waals surface area contributed by atoms with Crippen molar-refractivity contribution in [2.75, 3.05) is 29.9 Å². The average molecular weight is 352 g/mol. The van der Waals surface area contributed by atoms with Crippen LogP contribution in [-0.4, -0.2) is 35.8 Å². The van der Waals surface area contributed by atoms with Crippen molar-refractivity contribution in [3.05, 3.63) is 60.0 Å². The van der Waals surface area contributed by atoms with Gasteiger partial charge in [0.15, 0.2) is 0 Å². The molecule has 1 aromatic carbocycles. The molecule has 0 spiro atoms. The lowest BCUT2D eigenvalue weighted by Gasteiger charge is -2.32. The van der Waals surface area contributed by atoms with E-state index in [0.717, 1.165) is 36.5 Å². The number of pyridine rings is 2. The van der Waals surface area contributed by atoms with Crippen molar-refractivity contribution in [2.24, 2.45) is 0 Å². The van der Waals surface area contributed by atoms with E-state index < -0.39 is 0 Å². The number of nitrogens with one attached hydrogen (secondary N) is 1. The Morgan fingerprint density at radius 2 is 2.12 bits per heavy atom. The van der Waals surface area contributed by atoms with E-state index in [1.807, 2.05) is 24.4 Å². The molecule has 5 nitrogen and oxygen atoms in total. The molecule has 0 bridgehead atoms. The number of benzene rings is 1. The second-order valence-electron chi connectivity index (χ2n) is 6.54. The first-order valence-electron chi connectivity index (χ1n) is 8.79. The Morgan fingerprint density at radius 1 is 1.23 bits per heavy atom. The summed E-state index contributed by atoms with van der Waals surface area (Å²) in [4.78, 5) is 11.3. The third-order valence-electron chi connectivity index (χ3n) is 4.50. The first-order chi connectivity index (χ1) is 12.7. The molecule has 2 aromatic heterocycles. The predicted octanol–water partition coefficient (Wildman–Crippen LogP) is 3.61. The van der Waals surface area contributed by atoms with Crippen LogP contribution in [0.3, 0.4) is 0 Å². The molecular formula is C20H21FN4O. The highest BCUT2D eigenvalue weighted by atomic mass is 19.1. The second kappa shape index (κ2) is 7.25. The zero-order valence-electron chi connectivity index (χ0n) is 14.7. The van der Waals surface area contributed by atoms with Crippen LogP contribution in [0.25, 0.3) is 10.9 Å². The molecule has 3 aromatic rings. The Balaban J connectivity index is 1.41. The molecule has 1 N–H and O–H groups in total. The van der Waals surface area contributed by atoms with Gasteiger partial charge in [0.1, 0.15) is 17.5 Å². The SMILES string of the molecule is CC1CN(c2ccc(CNc3ccc4ccc(F)cc4n3)cn2)CCO1. The van der Waals surface area contributed by atoms with Gasteiger partial charge in [0.25, 0.3) is 0 Å². The Hall–Kier alpha value is -2.73. The number of morpholine rings is 1. The molecular weight excluding hydrogens is 331 g/mol.